The first-order chi connectivity index (χ1) is 10.6. The molecule has 1 aliphatic rings. The summed E-state index contributed by atoms with van der Waals surface area (Å²) in [6, 6.07) is 14.4. The van der Waals surface area contributed by atoms with Crippen LogP contribution in [-0.2, 0) is 6.54 Å². The van der Waals surface area contributed by atoms with E-state index in [9.17, 15) is 4.79 Å². The summed E-state index contributed by atoms with van der Waals surface area (Å²) in [5.41, 5.74) is 7.62. The smallest absolute Gasteiger partial charge is 0.254 e. The van der Waals surface area contributed by atoms with Gasteiger partial charge in [0.2, 0.25) is 0 Å². The van der Waals surface area contributed by atoms with E-state index < -0.39 is 5.91 Å². The molecule has 0 radical (unpaired) electrons. The quantitative estimate of drug-likeness (QED) is 0.762. The molecule has 1 unspecified atom stereocenters. The summed E-state index contributed by atoms with van der Waals surface area (Å²) in [7, 11) is 0. The first-order valence-electron chi connectivity index (χ1n) is 7.30. The summed E-state index contributed by atoms with van der Waals surface area (Å²) in [6.45, 7) is 2.79. The molecule has 0 fully saturated rings. The number of fused-ring (bicyclic) bond motifs is 2. The highest BCUT2D eigenvalue weighted by Crippen LogP contribution is 2.33. The lowest BCUT2D eigenvalue weighted by atomic mass is 10.0. The topological polar surface area (TPSA) is 72.9 Å². The lowest BCUT2D eigenvalue weighted by molar-refractivity contribution is 0.100. The van der Waals surface area contributed by atoms with Crippen LogP contribution in [0.5, 0.6) is 0 Å². The Morgan fingerprint density at radius 3 is 2.82 bits per heavy atom. The second-order valence-corrected chi connectivity index (χ2v) is 5.73. The molecule has 3 aromatic rings. The normalized spacial score (nSPS) is 16.5. The molecular weight excluding hydrogens is 276 g/mol. The predicted octanol–water partition coefficient (Wildman–Crippen LogP) is 2.62. The van der Waals surface area contributed by atoms with Crippen molar-refractivity contribution in [3.8, 4) is 11.3 Å². The Hall–Kier alpha value is -2.82. The highest BCUT2D eigenvalue weighted by Gasteiger charge is 2.28. The van der Waals surface area contributed by atoms with Gasteiger partial charge in [0.1, 0.15) is 17.1 Å². The van der Waals surface area contributed by atoms with Crippen molar-refractivity contribution in [2.75, 3.05) is 5.32 Å². The number of amides is 1. The fourth-order valence-electron chi connectivity index (χ4n) is 3.05. The Kier molecular flexibility index (Phi) is 2.69. The standard InChI is InChI=1S/C17H16N4O/c1-10-9-21-17(19-10)14(16(18)22)15(20-21)13-7-6-11-4-2-3-5-12(11)8-13/h2-8,10,19H,9H2,1H3,(H2,18,22). The van der Waals surface area contributed by atoms with E-state index in [1.54, 1.807) is 0 Å². The minimum Gasteiger partial charge on any atom is -0.365 e. The zero-order valence-electron chi connectivity index (χ0n) is 12.2. The third-order valence-corrected chi connectivity index (χ3v) is 4.05. The molecule has 4 rings (SSSR count). The highest BCUT2D eigenvalue weighted by molar-refractivity contribution is 6.04. The van der Waals surface area contributed by atoms with Crippen molar-refractivity contribution < 1.29 is 4.79 Å². The van der Waals surface area contributed by atoms with Gasteiger partial charge in [-0.2, -0.15) is 5.10 Å². The summed E-state index contributed by atoms with van der Waals surface area (Å²) >= 11 is 0. The third-order valence-electron chi connectivity index (χ3n) is 4.05. The lowest BCUT2D eigenvalue weighted by Crippen LogP contribution is -2.16. The average Bonchev–Trinajstić information content (AvgIpc) is 3.02. The molecule has 2 heterocycles. The maximum absolute atomic E-state index is 11.9. The number of rotatable bonds is 2. The molecule has 1 aromatic heterocycles. The third kappa shape index (κ3) is 1.86. The molecular formula is C17H16N4O. The molecule has 3 N–H and O–H groups in total. The van der Waals surface area contributed by atoms with Crippen molar-refractivity contribution in [3.63, 3.8) is 0 Å². The van der Waals surface area contributed by atoms with E-state index >= 15 is 0 Å². The molecule has 5 nitrogen and oxygen atoms in total. The van der Waals surface area contributed by atoms with E-state index in [4.69, 9.17) is 5.73 Å². The van der Waals surface area contributed by atoms with Crippen molar-refractivity contribution in [1.82, 2.24) is 9.78 Å². The minimum absolute atomic E-state index is 0.256. The van der Waals surface area contributed by atoms with Crippen LogP contribution in [0, 0.1) is 0 Å². The summed E-state index contributed by atoms with van der Waals surface area (Å²) < 4.78 is 1.83. The van der Waals surface area contributed by atoms with Crippen LogP contribution in [0.25, 0.3) is 22.0 Å². The fraction of sp³-hybridized carbons (Fsp3) is 0.176. The van der Waals surface area contributed by atoms with Gasteiger partial charge in [0, 0.05) is 11.6 Å². The number of primary amides is 1. The van der Waals surface area contributed by atoms with Crippen LogP contribution in [0.1, 0.15) is 17.3 Å². The lowest BCUT2D eigenvalue weighted by Gasteiger charge is -2.06. The van der Waals surface area contributed by atoms with Crippen LogP contribution in [-0.4, -0.2) is 21.7 Å². The Morgan fingerprint density at radius 1 is 1.27 bits per heavy atom. The van der Waals surface area contributed by atoms with E-state index in [1.165, 1.54) is 0 Å². The molecule has 5 heteroatoms. The van der Waals surface area contributed by atoms with Crippen LogP contribution < -0.4 is 11.1 Å². The van der Waals surface area contributed by atoms with Gasteiger partial charge in [0.25, 0.3) is 5.91 Å². The number of nitrogens with one attached hydrogen (secondary N) is 1. The largest absolute Gasteiger partial charge is 0.365 e. The molecule has 0 saturated carbocycles. The number of carbonyl (C=O) groups excluding carboxylic acids is 1. The fourth-order valence-corrected chi connectivity index (χ4v) is 3.05. The zero-order valence-corrected chi connectivity index (χ0v) is 12.2. The van der Waals surface area contributed by atoms with Crippen LogP contribution in [0.4, 0.5) is 5.82 Å². The molecule has 0 aliphatic carbocycles. The average molecular weight is 292 g/mol. The highest BCUT2D eigenvalue weighted by atomic mass is 16.1. The molecule has 0 bridgehead atoms. The summed E-state index contributed by atoms with van der Waals surface area (Å²) in [4.78, 5) is 11.9. The number of hydrogen-bond acceptors (Lipinski definition) is 3. The van der Waals surface area contributed by atoms with Crippen molar-refractivity contribution in [1.29, 1.82) is 0 Å². The Labute approximate surface area is 127 Å². The Bertz CT molecular complexity index is 897. The number of hydrogen-bond donors (Lipinski definition) is 2. The second kappa shape index (κ2) is 4.59. The Morgan fingerprint density at radius 2 is 2.05 bits per heavy atom. The van der Waals surface area contributed by atoms with Crippen molar-refractivity contribution in [3.05, 3.63) is 48.0 Å². The van der Waals surface area contributed by atoms with Gasteiger partial charge in [-0.3, -0.25) is 4.79 Å². The van der Waals surface area contributed by atoms with Gasteiger partial charge in [0.15, 0.2) is 0 Å². The molecule has 1 amide bonds. The molecule has 1 atom stereocenters. The van der Waals surface area contributed by atoms with E-state index in [2.05, 4.69) is 23.4 Å². The predicted molar refractivity (Wildman–Crippen MR) is 86.8 cm³/mol. The van der Waals surface area contributed by atoms with Gasteiger partial charge in [-0.15, -0.1) is 0 Å². The first-order valence-corrected chi connectivity index (χ1v) is 7.30. The van der Waals surface area contributed by atoms with Crippen LogP contribution in [0.2, 0.25) is 0 Å². The summed E-state index contributed by atoms with van der Waals surface area (Å²) in [5.74, 6) is 0.272. The van der Waals surface area contributed by atoms with E-state index in [0.29, 0.717) is 11.3 Å². The van der Waals surface area contributed by atoms with E-state index in [-0.39, 0.29) is 6.04 Å². The summed E-state index contributed by atoms with van der Waals surface area (Å²) in [5, 5.41) is 10.1. The van der Waals surface area contributed by atoms with Crippen LogP contribution in [0.3, 0.4) is 0 Å². The van der Waals surface area contributed by atoms with Gasteiger partial charge >= 0.3 is 0 Å². The first kappa shape index (κ1) is 12.9. The van der Waals surface area contributed by atoms with E-state index in [0.717, 1.165) is 28.7 Å². The molecule has 0 saturated heterocycles. The number of carbonyl (C=O) groups is 1. The maximum atomic E-state index is 11.9. The van der Waals surface area contributed by atoms with Gasteiger partial charge in [-0.1, -0.05) is 36.4 Å². The van der Waals surface area contributed by atoms with Crippen molar-refractivity contribution in [2.24, 2.45) is 5.73 Å². The Balaban J connectivity index is 1.91. The van der Waals surface area contributed by atoms with Gasteiger partial charge < -0.3 is 11.1 Å². The molecule has 110 valence electrons. The minimum atomic E-state index is -0.453. The summed E-state index contributed by atoms with van der Waals surface area (Å²) in [6.07, 6.45) is 0. The number of nitrogens with two attached hydrogens (primary N) is 1. The van der Waals surface area contributed by atoms with Gasteiger partial charge in [-0.05, 0) is 23.8 Å². The number of anilines is 1. The maximum Gasteiger partial charge on any atom is 0.254 e. The molecule has 1 aliphatic heterocycles. The van der Waals surface area contributed by atoms with Crippen molar-refractivity contribution in [2.45, 2.75) is 19.5 Å². The van der Waals surface area contributed by atoms with Gasteiger partial charge in [-0.25, -0.2) is 4.68 Å². The second-order valence-electron chi connectivity index (χ2n) is 5.73. The molecule has 22 heavy (non-hydrogen) atoms. The SMILES string of the molecule is CC1Cn2nc(-c3ccc4ccccc4c3)c(C(N)=O)c2N1. The monoisotopic (exact) mass is 292 g/mol. The van der Waals surface area contributed by atoms with Crippen molar-refractivity contribution >= 4 is 22.5 Å². The number of nitrogens with zero attached hydrogens (tertiary/aromatic N) is 2. The molecule has 2 aromatic carbocycles. The molecule has 0 spiro atoms. The van der Waals surface area contributed by atoms with Gasteiger partial charge in [0.05, 0.1) is 6.54 Å². The number of aromatic nitrogens is 2. The zero-order chi connectivity index (χ0) is 15.3. The van der Waals surface area contributed by atoms with Crippen LogP contribution >= 0.6 is 0 Å². The van der Waals surface area contributed by atoms with Crippen LogP contribution in [0.15, 0.2) is 42.5 Å². The number of benzene rings is 2. The van der Waals surface area contributed by atoms with E-state index in [1.807, 2.05) is 41.1 Å².